The molecule has 0 saturated carbocycles. The Labute approximate surface area is 183 Å². The van der Waals surface area contributed by atoms with Gasteiger partial charge in [0, 0.05) is 0 Å². The van der Waals surface area contributed by atoms with Gasteiger partial charge >= 0.3 is 29.6 Å². The molecule has 0 saturated heterocycles. The van der Waals surface area contributed by atoms with Crippen molar-refractivity contribution in [2.45, 2.75) is 56.8 Å². The average Bonchev–Trinajstić information content (AvgIpc) is 2.59. The number of para-hydroxylation sites is 1. The fourth-order valence-corrected chi connectivity index (χ4v) is 3.41. The van der Waals surface area contributed by atoms with E-state index in [2.05, 4.69) is 6.92 Å². The summed E-state index contributed by atoms with van der Waals surface area (Å²) in [6.07, 6.45) is 7.66. The van der Waals surface area contributed by atoms with Crippen molar-refractivity contribution in [2.24, 2.45) is 0 Å². The molecule has 7 heteroatoms. The summed E-state index contributed by atoms with van der Waals surface area (Å²) in [5.74, 6) is 0.128. The molecule has 2 rings (SSSR count). The molecular weight excluding hydrogens is 375 g/mol. The summed E-state index contributed by atoms with van der Waals surface area (Å²) in [6.45, 7) is 2.18. The van der Waals surface area contributed by atoms with E-state index in [1.165, 1.54) is 56.0 Å². The first-order valence-electron chi connectivity index (χ1n) is 8.96. The summed E-state index contributed by atoms with van der Waals surface area (Å²) in [6, 6.07) is 10.4. The van der Waals surface area contributed by atoms with Crippen molar-refractivity contribution in [3.05, 3.63) is 48.0 Å². The molecule has 0 aromatic heterocycles. The van der Waals surface area contributed by atoms with Crippen molar-refractivity contribution in [1.29, 1.82) is 0 Å². The van der Waals surface area contributed by atoms with Gasteiger partial charge in [-0.25, -0.2) is 0 Å². The van der Waals surface area contributed by atoms with Crippen molar-refractivity contribution in [2.75, 3.05) is 0 Å². The first-order valence-corrected chi connectivity index (χ1v) is 10.4. The van der Waals surface area contributed by atoms with Gasteiger partial charge in [-0.3, -0.25) is 4.55 Å². The molecule has 0 spiro atoms. The largest absolute Gasteiger partial charge is 1.00 e. The van der Waals surface area contributed by atoms with Crippen molar-refractivity contribution >= 4 is 10.1 Å². The Kier molecular flexibility index (Phi) is 10.4. The number of unbranched alkanes of at least 4 members (excludes halogenated alkanes) is 5. The van der Waals surface area contributed by atoms with Crippen LogP contribution in [-0.2, 0) is 16.5 Å². The van der Waals surface area contributed by atoms with E-state index in [4.69, 9.17) is 4.74 Å². The quantitative estimate of drug-likeness (QED) is 0.373. The molecule has 2 aromatic rings. The monoisotopic (exact) mass is 400 g/mol. The molecule has 1 N–H and O–H groups in total. The molecule has 5 nitrogen and oxygen atoms in total. The van der Waals surface area contributed by atoms with E-state index in [0.29, 0.717) is 5.75 Å². The van der Waals surface area contributed by atoms with Crippen LogP contribution in [-0.4, -0.2) is 13.0 Å². The predicted molar refractivity (Wildman–Crippen MR) is 99.3 cm³/mol. The summed E-state index contributed by atoms with van der Waals surface area (Å²) in [5.41, 5.74) is 0.852. The minimum atomic E-state index is -4.41. The zero-order valence-electron chi connectivity index (χ0n) is 16.0. The first-order chi connectivity index (χ1) is 12.4. The smallest absolute Gasteiger partial charge is 0.872 e. The summed E-state index contributed by atoms with van der Waals surface area (Å²) < 4.78 is 38.1. The second-order valence-electron chi connectivity index (χ2n) is 6.31. The van der Waals surface area contributed by atoms with E-state index in [1.54, 1.807) is 12.1 Å². The molecule has 0 bridgehead atoms. The van der Waals surface area contributed by atoms with Crippen LogP contribution in [0.25, 0.3) is 0 Å². The van der Waals surface area contributed by atoms with Crippen LogP contribution in [0.2, 0.25) is 0 Å². The molecule has 0 amide bonds. The molecule has 0 heterocycles. The summed E-state index contributed by atoms with van der Waals surface area (Å²) in [7, 11) is -4.41. The van der Waals surface area contributed by atoms with Gasteiger partial charge in [-0.2, -0.15) is 8.42 Å². The van der Waals surface area contributed by atoms with Gasteiger partial charge in [0.2, 0.25) is 0 Å². The van der Waals surface area contributed by atoms with Gasteiger partial charge in [0.25, 0.3) is 10.1 Å². The summed E-state index contributed by atoms with van der Waals surface area (Å²) in [5, 5.41) is 11.7. The van der Waals surface area contributed by atoms with Gasteiger partial charge in [0.05, 0.1) is 0 Å². The second kappa shape index (κ2) is 11.7. The van der Waals surface area contributed by atoms with Crippen molar-refractivity contribution in [3.8, 4) is 17.2 Å². The first kappa shape index (κ1) is 24.0. The number of hydrogen-bond acceptors (Lipinski definition) is 4. The Hall–Kier alpha value is -1.05. The maximum absolute atomic E-state index is 11.7. The molecule has 0 atom stereocenters. The molecule has 2 aromatic carbocycles. The van der Waals surface area contributed by atoms with Gasteiger partial charge in [-0.1, -0.05) is 63.3 Å². The van der Waals surface area contributed by atoms with Crippen LogP contribution >= 0.6 is 0 Å². The predicted octanol–water partition coefficient (Wildman–Crippen LogP) is 1.71. The third-order valence-electron chi connectivity index (χ3n) is 4.19. The normalized spacial score (nSPS) is 11.0. The Morgan fingerprint density at radius 1 is 0.963 bits per heavy atom. The van der Waals surface area contributed by atoms with Gasteiger partial charge in [-0.15, -0.1) is 5.75 Å². The molecule has 0 aliphatic carbocycles. The zero-order chi connectivity index (χ0) is 19.0. The van der Waals surface area contributed by atoms with Crippen LogP contribution < -0.4 is 39.4 Å². The van der Waals surface area contributed by atoms with E-state index < -0.39 is 10.1 Å². The fraction of sp³-hybridized carbons (Fsp3) is 0.400. The molecular formula is C20H25NaO5S. The molecule has 142 valence electrons. The molecule has 0 aliphatic rings. The third kappa shape index (κ3) is 7.84. The summed E-state index contributed by atoms with van der Waals surface area (Å²) >= 11 is 0. The van der Waals surface area contributed by atoms with E-state index in [0.717, 1.165) is 24.8 Å². The molecule has 0 fully saturated rings. The van der Waals surface area contributed by atoms with Crippen LogP contribution in [0, 0.1) is 0 Å². The molecule has 0 aliphatic heterocycles. The maximum Gasteiger partial charge on any atom is 1.00 e. The number of ether oxygens (including phenoxy) is 1. The Morgan fingerprint density at radius 3 is 2.33 bits per heavy atom. The number of aryl methyl sites for hydroxylation is 1. The van der Waals surface area contributed by atoms with E-state index in [-0.39, 0.29) is 46.0 Å². The van der Waals surface area contributed by atoms with Gasteiger partial charge in [0.15, 0.2) is 0 Å². The average molecular weight is 400 g/mol. The minimum absolute atomic E-state index is 0. The zero-order valence-corrected chi connectivity index (χ0v) is 18.8. The van der Waals surface area contributed by atoms with E-state index in [9.17, 15) is 18.1 Å². The minimum Gasteiger partial charge on any atom is -0.872 e. The molecule has 0 unspecified atom stereocenters. The molecule has 0 radical (unpaired) electrons. The van der Waals surface area contributed by atoms with Crippen LogP contribution in [0.15, 0.2) is 47.4 Å². The van der Waals surface area contributed by atoms with Crippen LogP contribution in [0.5, 0.6) is 17.2 Å². The number of benzene rings is 2. The van der Waals surface area contributed by atoms with E-state index in [1.807, 2.05) is 0 Å². The topological polar surface area (TPSA) is 86.7 Å². The maximum atomic E-state index is 11.7. The van der Waals surface area contributed by atoms with Gasteiger partial charge in [0.1, 0.15) is 16.4 Å². The second-order valence-corrected chi connectivity index (χ2v) is 7.70. The van der Waals surface area contributed by atoms with Crippen LogP contribution in [0.3, 0.4) is 0 Å². The van der Waals surface area contributed by atoms with Crippen molar-refractivity contribution < 1.29 is 52.4 Å². The van der Waals surface area contributed by atoms with Crippen LogP contribution in [0.1, 0.15) is 51.0 Å². The van der Waals surface area contributed by atoms with Gasteiger partial charge < -0.3 is 9.84 Å². The van der Waals surface area contributed by atoms with Crippen molar-refractivity contribution in [3.63, 3.8) is 0 Å². The Bertz CT molecular complexity index is 821. The number of hydrogen-bond donors (Lipinski definition) is 1. The van der Waals surface area contributed by atoms with Crippen LogP contribution in [0.4, 0.5) is 0 Å². The van der Waals surface area contributed by atoms with Gasteiger partial charge in [-0.05, 0) is 36.6 Å². The summed E-state index contributed by atoms with van der Waals surface area (Å²) in [4.78, 5) is -0.318. The van der Waals surface area contributed by atoms with E-state index >= 15 is 0 Å². The standard InChI is InChI=1S/C20H26O5S.Na/c1-2-3-4-5-6-7-10-16-13-14-17(21)15-19(16)25-18-11-8-9-12-20(18)26(22,23)24;/h8-9,11-15,21H,2-7,10H2,1H3,(H,22,23,24);/q;+1/p-1. The SMILES string of the molecule is CCCCCCCCc1ccc([O-])cc1Oc1ccccc1S(=O)(=O)O.[Na+]. The number of rotatable bonds is 10. The third-order valence-corrected chi connectivity index (χ3v) is 5.08. The van der Waals surface area contributed by atoms with Crippen molar-refractivity contribution in [1.82, 2.24) is 0 Å². The Balaban J connectivity index is 0.00000364. The molecule has 27 heavy (non-hydrogen) atoms. The Morgan fingerprint density at radius 2 is 1.63 bits per heavy atom. The fourth-order valence-electron chi connectivity index (χ4n) is 2.80.